The molecule has 0 saturated heterocycles. The first kappa shape index (κ1) is 15.8. The Kier molecular flexibility index (Phi) is 4.93. The number of aryl methyl sites for hydroxylation is 1. The van der Waals surface area contributed by atoms with Crippen LogP contribution in [0.25, 0.3) is 0 Å². The molecule has 0 bridgehead atoms. The van der Waals surface area contributed by atoms with Crippen LogP contribution in [0.1, 0.15) is 29.8 Å². The Labute approximate surface area is 129 Å². The number of hydrogen-bond donors (Lipinski definition) is 2. The molecule has 2 rings (SSSR count). The van der Waals surface area contributed by atoms with Crippen molar-refractivity contribution in [2.75, 3.05) is 5.32 Å². The van der Waals surface area contributed by atoms with E-state index in [0.29, 0.717) is 17.7 Å². The summed E-state index contributed by atoms with van der Waals surface area (Å²) < 4.78 is 1.57. The Bertz CT molecular complexity index is 659. The molecule has 0 spiro atoms. The molecule has 0 saturated carbocycles. The van der Waals surface area contributed by atoms with Crippen LogP contribution in [0.5, 0.6) is 0 Å². The highest BCUT2D eigenvalue weighted by molar-refractivity contribution is 6.03. The molecule has 2 N–H and O–H groups in total. The molecule has 0 aliphatic rings. The number of anilines is 1. The fraction of sp³-hybridized carbons (Fsp3) is 0.312. The van der Waals surface area contributed by atoms with Gasteiger partial charge in [-0.25, -0.2) is 0 Å². The zero-order valence-corrected chi connectivity index (χ0v) is 13.0. The van der Waals surface area contributed by atoms with E-state index in [1.807, 2.05) is 26.0 Å². The van der Waals surface area contributed by atoms with E-state index in [4.69, 9.17) is 0 Å². The van der Waals surface area contributed by atoms with Gasteiger partial charge in [-0.15, -0.1) is 0 Å². The van der Waals surface area contributed by atoms with Crippen molar-refractivity contribution in [3.05, 3.63) is 47.8 Å². The van der Waals surface area contributed by atoms with Gasteiger partial charge in [0.1, 0.15) is 0 Å². The number of carbonyl (C=O) groups excluding carboxylic acids is 2. The zero-order valence-electron chi connectivity index (χ0n) is 13.0. The first-order chi connectivity index (χ1) is 10.4. The van der Waals surface area contributed by atoms with Crippen molar-refractivity contribution in [1.29, 1.82) is 0 Å². The maximum Gasteiger partial charge on any atom is 0.258 e. The van der Waals surface area contributed by atoms with E-state index in [9.17, 15) is 9.59 Å². The molecule has 0 radical (unpaired) electrons. The Hall–Kier alpha value is -2.63. The van der Waals surface area contributed by atoms with Crippen LogP contribution in [-0.4, -0.2) is 27.6 Å². The minimum atomic E-state index is -0.210. The van der Waals surface area contributed by atoms with Crippen molar-refractivity contribution in [1.82, 2.24) is 15.1 Å². The summed E-state index contributed by atoms with van der Waals surface area (Å²) >= 11 is 0. The van der Waals surface area contributed by atoms with Crippen LogP contribution in [0.3, 0.4) is 0 Å². The number of nitrogens with zero attached hydrogens (tertiary/aromatic N) is 2. The van der Waals surface area contributed by atoms with E-state index < -0.39 is 0 Å². The van der Waals surface area contributed by atoms with Crippen LogP contribution in [0.4, 0.5) is 5.69 Å². The van der Waals surface area contributed by atoms with Crippen LogP contribution < -0.4 is 10.6 Å². The van der Waals surface area contributed by atoms with E-state index in [0.717, 1.165) is 5.56 Å². The molecular formula is C16H20N4O2. The second-order valence-corrected chi connectivity index (χ2v) is 5.45. The number of nitrogens with one attached hydrogen (secondary N) is 2. The quantitative estimate of drug-likeness (QED) is 0.883. The number of amides is 2. The second kappa shape index (κ2) is 6.89. The van der Waals surface area contributed by atoms with Crippen LogP contribution in [0, 0.1) is 0 Å². The van der Waals surface area contributed by atoms with Crippen molar-refractivity contribution < 1.29 is 9.59 Å². The first-order valence-electron chi connectivity index (χ1n) is 7.12. The summed E-state index contributed by atoms with van der Waals surface area (Å²) in [5, 5.41) is 9.60. The fourth-order valence-corrected chi connectivity index (χ4v) is 2.01. The molecule has 22 heavy (non-hydrogen) atoms. The number of aromatic nitrogens is 2. The van der Waals surface area contributed by atoms with Crippen molar-refractivity contribution in [2.45, 2.75) is 26.3 Å². The van der Waals surface area contributed by atoms with Gasteiger partial charge in [-0.1, -0.05) is 12.1 Å². The lowest BCUT2D eigenvalue weighted by molar-refractivity contribution is -0.120. The maximum atomic E-state index is 12.0. The summed E-state index contributed by atoms with van der Waals surface area (Å²) in [5.41, 5.74) is 2.09. The number of rotatable bonds is 5. The Morgan fingerprint density at radius 2 is 1.91 bits per heavy atom. The molecule has 0 aliphatic heterocycles. The van der Waals surface area contributed by atoms with Crippen molar-refractivity contribution >= 4 is 17.5 Å². The standard InChI is InChI=1S/C16H20N4O2/c1-11(2)18-15(21)8-12-4-6-14(7-5-12)19-16(22)13-9-17-20(3)10-13/h4-7,9-11H,8H2,1-3H3,(H,18,21)(H,19,22). The summed E-state index contributed by atoms with van der Waals surface area (Å²) in [6.45, 7) is 3.85. The van der Waals surface area contributed by atoms with Crippen LogP contribution in [0.15, 0.2) is 36.7 Å². The van der Waals surface area contributed by atoms with E-state index in [1.165, 1.54) is 6.20 Å². The van der Waals surface area contributed by atoms with Gasteiger partial charge in [-0.05, 0) is 31.5 Å². The fourth-order valence-electron chi connectivity index (χ4n) is 2.01. The van der Waals surface area contributed by atoms with Gasteiger partial charge in [0.15, 0.2) is 0 Å². The van der Waals surface area contributed by atoms with Crippen molar-refractivity contribution in [2.24, 2.45) is 7.05 Å². The van der Waals surface area contributed by atoms with E-state index in [-0.39, 0.29) is 17.9 Å². The third-order valence-electron chi connectivity index (χ3n) is 2.99. The summed E-state index contributed by atoms with van der Waals surface area (Å²) in [6, 6.07) is 7.36. The van der Waals surface area contributed by atoms with Crippen LogP contribution in [-0.2, 0) is 18.3 Å². The Balaban J connectivity index is 1.94. The minimum absolute atomic E-state index is 0.0119. The monoisotopic (exact) mass is 300 g/mol. The van der Waals surface area contributed by atoms with Gasteiger partial charge in [0.05, 0.1) is 18.2 Å². The lowest BCUT2D eigenvalue weighted by Gasteiger charge is -2.09. The predicted molar refractivity (Wildman–Crippen MR) is 84.6 cm³/mol. The third kappa shape index (κ3) is 4.44. The largest absolute Gasteiger partial charge is 0.354 e. The minimum Gasteiger partial charge on any atom is -0.354 e. The van der Waals surface area contributed by atoms with Crippen molar-refractivity contribution in [3.8, 4) is 0 Å². The maximum absolute atomic E-state index is 12.0. The molecule has 2 amide bonds. The predicted octanol–water partition coefficient (Wildman–Crippen LogP) is 1.74. The number of benzene rings is 1. The van der Waals surface area contributed by atoms with E-state index in [2.05, 4.69) is 15.7 Å². The topological polar surface area (TPSA) is 76.0 Å². The SMILES string of the molecule is CC(C)NC(=O)Cc1ccc(NC(=O)c2cnn(C)c2)cc1. The zero-order chi connectivity index (χ0) is 16.1. The van der Waals surface area contributed by atoms with Gasteiger partial charge >= 0.3 is 0 Å². The molecule has 0 aliphatic carbocycles. The van der Waals surface area contributed by atoms with Gasteiger partial charge in [0.25, 0.3) is 5.91 Å². The van der Waals surface area contributed by atoms with Gasteiger partial charge in [-0.2, -0.15) is 5.10 Å². The lowest BCUT2D eigenvalue weighted by Crippen LogP contribution is -2.31. The van der Waals surface area contributed by atoms with Crippen molar-refractivity contribution in [3.63, 3.8) is 0 Å². The second-order valence-electron chi connectivity index (χ2n) is 5.45. The molecule has 0 unspecified atom stereocenters. The van der Waals surface area contributed by atoms with Gasteiger partial charge in [-0.3, -0.25) is 14.3 Å². The molecular weight excluding hydrogens is 280 g/mol. The molecule has 1 heterocycles. The lowest BCUT2D eigenvalue weighted by atomic mass is 10.1. The highest BCUT2D eigenvalue weighted by Crippen LogP contribution is 2.12. The molecule has 1 aromatic carbocycles. The molecule has 6 nitrogen and oxygen atoms in total. The molecule has 0 atom stereocenters. The van der Waals surface area contributed by atoms with E-state index in [1.54, 1.807) is 30.1 Å². The van der Waals surface area contributed by atoms with Gasteiger partial charge < -0.3 is 10.6 Å². The summed E-state index contributed by atoms with van der Waals surface area (Å²) in [5.74, 6) is -0.222. The highest BCUT2D eigenvalue weighted by atomic mass is 16.2. The molecule has 1 aromatic heterocycles. The van der Waals surface area contributed by atoms with Crippen LogP contribution >= 0.6 is 0 Å². The molecule has 6 heteroatoms. The van der Waals surface area contributed by atoms with Gasteiger partial charge in [0, 0.05) is 25.0 Å². The Morgan fingerprint density at radius 3 is 2.45 bits per heavy atom. The molecule has 116 valence electrons. The molecule has 0 fully saturated rings. The highest BCUT2D eigenvalue weighted by Gasteiger charge is 2.09. The van der Waals surface area contributed by atoms with E-state index >= 15 is 0 Å². The summed E-state index contributed by atoms with van der Waals surface area (Å²) in [6.07, 6.45) is 3.49. The van der Waals surface area contributed by atoms with Gasteiger partial charge in [0.2, 0.25) is 5.91 Å². The number of carbonyl (C=O) groups is 2. The normalized spacial score (nSPS) is 10.5. The van der Waals surface area contributed by atoms with Crippen LogP contribution in [0.2, 0.25) is 0 Å². The summed E-state index contributed by atoms with van der Waals surface area (Å²) in [4.78, 5) is 23.7. The average molecular weight is 300 g/mol. The number of hydrogen-bond acceptors (Lipinski definition) is 3. The average Bonchev–Trinajstić information content (AvgIpc) is 2.87. The third-order valence-corrected chi connectivity index (χ3v) is 2.99. The summed E-state index contributed by atoms with van der Waals surface area (Å²) in [7, 11) is 1.76. The molecule has 2 aromatic rings. The Morgan fingerprint density at radius 1 is 1.23 bits per heavy atom. The first-order valence-corrected chi connectivity index (χ1v) is 7.12. The smallest absolute Gasteiger partial charge is 0.258 e.